The van der Waals surface area contributed by atoms with Crippen LogP contribution in [0.4, 0.5) is 5.00 Å². The molecule has 0 radical (unpaired) electrons. The SMILES string of the molecule is Cc1nsc(NC2CCCCCC2)c1C#N. The summed E-state index contributed by atoms with van der Waals surface area (Å²) in [5.41, 5.74) is 1.58. The lowest BCUT2D eigenvalue weighted by Crippen LogP contribution is -2.18. The van der Waals surface area contributed by atoms with Gasteiger partial charge in [-0.15, -0.1) is 0 Å². The Labute approximate surface area is 101 Å². The third-order valence-corrected chi connectivity index (χ3v) is 4.03. The Hall–Kier alpha value is -1.08. The molecule has 1 heterocycles. The van der Waals surface area contributed by atoms with Crippen molar-refractivity contribution in [2.75, 3.05) is 5.32 Å². The molecule has 0 saturated heterocycles. The lowest BCUT2D eigenvalue weighted by Gasteiger charge is -2.15. The molecule has 0 aromatic carbocycles. The van der Waals surface area contributed by atoms with Crippen molar-refractivity contribution in [2.45, 2.75) is 51.5 Å². The number of anilines is 1. The summed E-state index contributed by atoms with van der Waals surface area (Å²) < 4.78 is 4.23. The molecule has 0 unspecified atom stereocenters. The molecule has 1 aromatic rings. The van der Waals surface area contributed by atoms with Crippen LogP contribution in [0.1, 0.15) is 49.8 Å². The van der Waals surface area contributed by atoms with Crippen molar-refractivity contribution in [1.29, 1.82) is 5.26 Å². The molecule has 1 N–H and O–H groups in total. The van der Waals surface area contributed by atoms with Crippen LogP contribution >= 0.6 is 11.5 Å². The van der Waals surface area contributed by atoms with Gasteiger partial charge in [-0.1, -0.05) is 25.7 Å². The van der Waals surface area contributed by atoms with Crippen LogP contribution in [0.5, 0.6) is 0 Å². The first kappa shape index (κ1) is 11.4. The molecule has 1 saturated carbocycles. The molecule has 0 spiro atoms. The average Bonchev–Trinajstić information content (AvgIpc) is 2.51. The molecular formula is C12H17N3S. The van der Waals surface area contributed by atoms with Crippen LogP contribution in [0.25, 0.3) is 0 Å². The number of hydrogen-bond donors (Lipinski definition) is 1. The topological polar surface area (TPSA) is 48.7 Å². The summed E-state index contributed by atoms with van der Waals surface area (Å²) in [6.45, 7) is 1.90. The second-order valence-electron chi connectivity index (χ2n) is 4.42. The molecule has 4 heteroatoms. The highest BCUT2D eigenvalue weighted by molar-refractivity contribution is 7.10. The summed E-state index contributed by atoms with van der Waals surface area (Å²) in [4.78, 5) is 0. The van der Waals surface area contributed by atoms with E-state index in [1.165, 1.54) is 50.1 Å². The molecule has 86 valence electrons. The fraction of sp³-hybridized carbons (Fsp3) is 0.667. The first-order valence-electron chi connectivity index (χ1n) is 5.94. The van der Waals surface area contributed by atoms with Crippen molar-refractivity contribution >= 4 is 16.5 Å². The molecule has 1 aliphatic rings. The maximum absolute atomic E-state index is 9.05. The van der Waals surface area contributed by atoms with Gasteiger partial charge in [0.15, 0.2) is 0 Å². The maximum Gasteiger partial charge on any atom is 0.127 e. The maximum atomic E-state index is 9.05. The second kappa shape index (κ2) is 5.31. The third kappa shape index (κ3) is 2.53. The lowest BCUT2D eigenvalue weighted by atomic mass is 10.1. The number of nitrogens with one attached hydrogen (secondary N) is 1. The number of nitriles is 1. The van der Waals surface area contributed by atoms with E-state index in [4.69, 9.17) is 5.26 Å². The van der Waals surface area contributed by atoms with Crippen LogP contribution in [0.3, 0.4) is 0 Å². The number of nitrogens with zero attached hydrogens (tertiary/aromatic N) is 2. The first-order valence-corrected chi connectivity index (χ1v) is 6.71. The van der Waals surface area contributed by atoms with Gasteiger partial charge in [-0.25, -0.2) is 0 Å². The monoisotopic (exact) mass is 235 g/mol. The molecule has 1 aromatic heterocycles. The fourth-order valence-electron chi connectivity index (χ4n) is 2.21. The van der Waals surface area contributed by atoms with Gasteiger partial charge >= 0.3 is 0 Å². The zero-order chi connectivity index (χ0) is 11.4. The second-order valence-corrected chi connectivity index (χ2v) is 5.19. The Bertz CT molecular complexity index is 383. The molecule has 16 heavy (non-hydrogen) atoms. The molecule has 0 atom stereocenters. The van der Waals surface area contributed by atoms with E-state index in [0.29, 0.717) is 6.04 Å². The van der Waals surface area contributed by atoms with Crippen molar-refractivity contribution in [2.24, 2.45) is 0 Å². The van der Waals surface area contributed by atoms with Crippen LogP contribution in [0.15, 0.2) is 0 Å². The summed E-state index contributed by atoms with van der Waals surface area (Å²) >= 11 is 1.42. The number of aromatic nitrogens is 1. The van der Waals surface area contributed by atoms with Gasteiger partial charge in [0.1, 0.15) is 16.6 Å². The van der Waals surface area contributed by atoms with Crippen molar-refractivity contribution in [3.8, 4) is 6.07 Å². The highest BCUT2D eigenvalue weighted by Gasteiger charge is 2.16. The van der Waals surface area contributed by atoms with Crippen molar-refractivity contribution in [3.63, 3.8) is 0 Å². The van der Waals surface area contributed by atoms with Crippen LogP contribution in [0.2, 0.25) is 0 Å². The van der Waals surface area contributed by atoms with Crippen LogP contribution < -0.4 is 5.32 Å². The van der Waals surface area contributed by atoms with Gasteiger partial charge in [-0.05, 0) is 31.3 Å². The zero-order valence-electron chi connectivity index (χ0n) is 9.62. The minimum atomic E-state index is 0.537. The predicted octanol–water partition coefficient (Wildman–Crippen LogP) is 3.46. The predicted molar refractivity (Wildman–Crippen MR) is 66.7 cm³/mol. The van der Waals surface area contributed by atoms with Gasteiger partial charge in [0.2, 0.25) is 0 Å². The standard InChI is InChI=1S/C12H17N3S/c1-9-11(8-13)12(16-15-9)14-10-6-4-2-3-5-7-10/h10,14H,2-7H2,1H3. The third-order valence-electron chi connectivity index (χ3n) is 3.16. The van der Waals surface area contributed by atoms with Crippen LogP contribution in [-0.4, -0.2) is 10.4 Å². The van der Waals surface area contributed by atoms with E-state index in [1.807, 2.05) is 6.92 Å². The van der Waals surface area contributed by atoms with Crippen molar-refractivity contribution in [3.05, 3.63) is 11.3 Å². The Morgan fingerprint density at radius 1 is 1.31 bits per heavy atom. The van der Waals surface area contributed by atoms with Gasteiger partial charge in [0.25, 0.3) is 0 Å². The van der Waals surface area contributed by atoms with Crippen molar-refractivity contribution in [1.82, 2.24) is 4.37 Å². The lowest BCUT2D eigenvalue weighted by molar-refractivity contribution is 0.621. The molecular weight excluding hydrogens is 218 g/mol. The first-order chi connectivity index (χ1) is 7.81. The van der Waals surface area contributed by atoms with Crippen LogP contribution in [0, 0.1) is 18.3 Å². The Morgan fingerprint density at radius 2 is 2.00 bits per heavy atom. The quantitative estimate of drug-likeness (QED) is 0.799. The molecule has 0 amide bonds. The molecule has 1 fully saturated rings. The molecule has 0 bridgehead atoms. The summed E-state index contributed by atoms with van der Waals surface area (Å²) in [5.74, 6) is 0. The van der Waals surface area contributed by atoms with E-state index < -0.39 is 0 Å². The summed E-state index contributed by atoms with van der Waals surface area (Å²) in [6, 6.07) is 2.77. The Balaban J connectivity index is 2.05. The summed E-state index contributed by atoms with van der Waals surface area (Å²) in [6.07, 6.45) is 7.76. The molecule has 1 aliphatic carbocycles. The van der Waals surface area contributed by atoms with E-state index in [9.17, 15) is 0 Å². The van der Waals surface area contributed by atoms with Crippen molar-refractivity contribution < 1.29 is 0 Å². The van der Waals surface area contributed by atoms with E-state index in [-0.39, 0.29) is 0 Å². The van der Waals surface area contributed by atoms with Gasteiger partial charge in [-0.3, -0.25) is 0 Å². The normalized spacial score (nSPS) is 17.8. The van der Waals surface area contributed by atoms with Gasteiger partial charge in [-0.2, -0.15) is 9.64 Å². The number of aryl methyl sites for hydroxylation is 1. The van der Waals surface area contributed by atoms with Gasteiger partial charge < -0.3 is 5.32 Å². The largest absolute Gasteiger partial charge is 0.372 e. The van der Waals surface area contributed by atoms with E-state index in [2.05, 4.69) is 15.8 Å². The average molecular weight is 235 g/mol. The van der Waals surface area contributed by atoms with Gasteiger partial charge in [0.05, 0.1) is 5.69 Å². The minimum absolute atomic E-state index is 0.537. The number of rotatable bonds is 2. The fourth-order valence-corrected chi connectivity index (χ4v) is 3.03. The molecule has 3 nitrogen and oxygen atoms in total. The van der Waals surface area contributed by atoms with Gasteiger partial charge in [0, 0.05) is 6.04 Å². The summed E-state index contributed by atoms with van der Waals surface area (Å²) in [7, 11) is 0. The Morgan fingerprint density at radius 3 is 2.62 bits per heavy atom. The number of hydrogen-bond acceptors (Lipinski definition) is 4. The minimum Gasteiger partial charge on any atom is -0.372 e. The van der Waals surface area contributed by atoms with Crippen LogP contribution in [-0.2, 0) is 0 Å². The zero-order valence-corrected chi connectivity index (χ0v) is 10.4. The van der Waals surface area contributed by atoms with E-state index in [1.54, 1.807) is 0 Å². The Kier molecular flexibility index (Phi) is 3.79. The van der Waals surface area contributed by atoms with E-state index in [0.717, 1.165) is 16.3 Å². The molecule has 0 aliphatic heterocycles. The van der Waals surface area contributed by atoms with E-state index >= 15 is 0 Å². The smallest absolute Gasteiger partial charge is 0.127 e. The summed E-state index contributed by atoms with van der Waals surface area (Å²) in [5, 5.41) is 13.5. The molecule has 2 rings (SSSR count). The highest BCUT2D eigenvalue weighted by Crippen LogP contribution is 2.27. The highest BCUT2D eigenvalue weighted by atomic mass is 32.1.